The number of para-hydroxylation sites is 1. The average Bonchev–Trinajstić information content (AvgIpc) is 3.15. The van der Waals surface area contributed by atoms with Crippen molar-refractivity contribution in [2.24, 2.45) is 5.92 Å². The molecule has 2 aliphatic rings. The summed E-state index contributed by atoms with van der Waals surface area (Å²) in [6.45, 7) is 5.65. The van der Waals surface area contributed by atoms with E-state index < -0.39 is 0 Å². The number of fused-ring (bicyclic) bond motifs is 1. The first-order valence-corrected chi connectivity index (χ1v) is 10.2. The van der Waals surface area contributed by atoms with Crippen LogP contribution in [0.15, 0.2) is 42.5 Å². The van der Waals surface area contributed by atoms with Crippen molar-refractivity contribution in [2.75, 3.05) is 30.0 Å². The van der Waals surface area contributed by atoms with Crippen LogP contribution in [0.5, 0.6) is 11.5 Å². The molecule has 1 fully saturated rings. The van der Waals surface area contributed by atoms with Gasteiger partial charge in [0.05, 0.1) is 5.92 Å². The van der Waals surface area contributed by atoms with Gasteiger partial charge in [-0.1, -0.05) is 32.0 Å². The van der Waals surface area contributed by atoms with E-state index in [-0.39, 0.29) is 24.2 Å². The van der Waals surface area contributed by atoms with Gasteiger partial charge in [-0.25, -0.2) is 0 Å². The molecule has 0 aromatic heterocycles. The van der Waals surface area contributed by atoms with Crippen LogP contribution in [0, 0.1) is 5.92 Å². The van der Waals surface area contributed by atoms with E-state index in [4.69, 9.17) is 9.47 Å². The van der Waals surface area contributed by atoms with Crippen LogP contribution in [0.1, 0.15) is 38.2 Å². The normalized spacial score (nSPS) is 19.2. The predicted octanol–water partition coefficient (Wildman–Crippen LogP) is 3.96. The summed E-state index contributed by atoms with van der Waals surface area (Å²) >= 11 is 0. The Morgan fingerprint density at radius 2 is 1.93 bits per heavy atom. The van der Waals surface area contributed by atoms with E-state index in [0.717, 1.165) is 23.4 Å². The lowest BCUT2D eigenvalue weighted by molar-refractivity contribution is -0.122. The summed E-state index contributed by atoms with van der Waals surface area (Å²) in [5.41, 5.74) is 2.68. The second-order valence-electron chi connectivity index (χ2n) is 7.62. The Labute approximate surface area is 170 Å². The zero-order valence-electron chi connectivity index (χ0n) is 16.8. The van der Waals surface area contributed by atoms with Gasteiger partial charge in [-0.3, -0.25) is 9.59 Å². The highest BCUT2D eigenvalue weighted by molar-refractivity contribution is 6.03. The molecule has 0 bridgehead atoms. The number of carbonyl (C=O) groups excluding carboxylic acids is 2. The van der Waals surface area contributed by atoms with Crippen molar-refractivity contribution in [3.63, 3.8) is 0 Å². The molecule has 2 atom stereocenters. The minimum absolute atomic E-state index is 0.0583. The van der Waals surface area contributed by atoms with Crippen molar-refractivity contribution in [2.45, 2.75) is 32.6 Å². The highest BCUT2D eigenvalue weighted by Gasteiger charge is 2.36. The minimum atomic E-state index is -0.388. The van der Waals surface area contributed by atoms with E-state index in [1.54, 1.807) is 4.90 Å². The van der Waals surface area contributed by atoms with E-state index in [1.807, 2.05) is 42.5 Å². The van der Waals surface area contributed by atoms with Gasteiger partial charge in [0, 0.05) is 30.4 Å². The number of hydrogen-bond acceptors (Lipinski definition) is 4. The molecule has 6 nitrogen and oxygen atoms in total. The summed E-state index contributed by atoms with van der Waals surface area (Å²) < 4.78 is 11.2. The monoisotopic (exact) mass is 394 g/mol. The van der Waals surface area contributed by atoms with E-state index in [9.17, 15) is 9.59 Å². The zero-order valence-corrected chi connectivity index (χ0v) is 16.8. The first kappa shape index (κ1) is 19.3. The Hall–Kier alpha value is -3.02. The molecule has 4 rings (SSSR count). The SMILES string of the molecule is CC[C@H](C)c1ccccc1NC(=O)[C@H]1CC(=O)N(c2ccc3c(c2)OCCO3)C1. The van der Waals surface area contributed by atoms with Gasteiger partial charge >= 0.3 is 0 Å². The van der Waals surface area contributed by atoms with Crippen molar-refractivity contribution in [1.82, 2.24) is 0 Å². The van der Waals surface area contributed by atoms with Crippen LogP contribution < -0.4 is 19.7 Å². The topological polar surface area (TPSA) is 67.9 Å². The van der Waals surface area contributed by atoms with E-state index in [2.05, 4.69) is 19.2 Å². The van der Waals surface area contributed by atoms with Crippen molar-refractivity contribution in [3.8, 4) is 11.5 Å². The number of carbonyl (C=O) groups is 2. The van der Waals surface area contributed by atoms with Gasteiger partial charge in [-0.15, -0.1) is 0 Å². The first-order valence-electron chi connectivity index (χ1n) is 10.2. The molecule has 0 unspecified atom stereocenters. The number of anilines is 2. The van der Waals surface area contributed by atoms with E-state index in [0.29, 0.717) is 37.2 Å². The molecule has 2 amide bonds. The second kappa shape index (κ2) is 8.15. The van der Waals surface area contributed by atoms with Crippen LogP contribution >= 0.6 is 0 Å². The van der Waals surface area contributed by atoms with Gasteiger partial charge in [0.1, 0.15) is 13.2 Å². The number of rotatable bonds is 5. The highest BCUT2D eigenvalue weighted by atomic mass is 16.6. The Balaban J connectivity index is 1.48. The maximum Gasteiger partial charge on any atom is 0.229 e. The number of amides is 2. The van der Waals surface area contributed by atoms with Gasteiger partial charge in [-0.2, -0.15) is 0 Å². The lowest BCUT2D eigenvalue weighted by Gasteiger charge is -2.22. The van der Waals surface area contributed by atoms with E-state index >= 15 is 0 Å². The fourth-order valence-electron chi connectivity index (χ4n) is 3.83. The molecule has 29 heavy (non-hydrogen) atoms. The highest BCUT2D eigenvalue weighted by Crippen LogP contribution is 2.36. The molecule has 2 heterocycles. The summed E-state index contributed by atoms with van der Waals surface area (Å²) in [4.78, 5) is 27.2. The fraction of sp³-hybridized carbons (Fsp3) is 0.391. The van der Waals surface area contributed by atoms with Crippen molar-refractivity contribution < 1.29 is 19.1 Å². The quantitative estimate of drug-likeness (QED) is 0.833. The lowest BCUT2D eigenvalue weighted by Crippen LogP contribution is -2.28. The Morgan fingerprint density at radius 3 is 2.72 bits per heavy atom. The fourth-order valence-corrected chi connectivity index (χ4v) is 3.83. The number of benzene rings is 2. The van der Waals surface area contributed by atoms with E-state index in [1.165, 1.54) is 0 Å². The van der Waals surface area contributed by atoms with Crippen LogP contribution in [-0.2, 0) is 9.59 Å². The molecule has 0 spiro atoms. The summed E-state index contributed by atoms with van der Waals surface area (Å²) in [7, 11) is 0. The third-order valence-electron chi connectivity index (χ3n) is 5.70. The summed E-state index contributed by atoms with van der Waals surface area (Å²) in [6.07, 6.45) is 1.19. The Morgan fingerprint density at radius 1 is 1.17 bits per heavy atom. The standard InChI is InChI=1S/C23H26N2O4/c1-3-15(2)18-6-4-5-7-19(18)24-23(27)16-12-22(26)25(14-16)17-8-9-20-21(13-17)29-11-10-28-20/h4-9,13,15-16H,3,10-12,14H2,1-2H3,(H,24,27)/t15-,16-/m0/s1. The first-order chi connectivity index (χ1) is 14.1. The van der Waals surface area contributed by atoms with Gasteiger partial charge in [-0.05, 0) is 36.1 Å². The van der Waals surface area contributed by atoms with Gasteiger partial charge in [0.15, 0.2) is 11.5 Å². The third kappa shape index (κ3) is 3.92. The number of ether oxygens (including phenoxy) is 2. The second-order valence-corrected chi connectivity index (χ2v) is 7.62. The Kier molecular flexibility index (Phi) is 5.43. The van der Waals surface area contributed by atoms with Crippen LogP contribution in [0.2, 0.25) is 0 Å². The predicted molar refractivity (Wildman–Crippen MR) is 112 cm³/mol. The number of nitrogens with zero attached hydrogens (tertiary/aromatic N) is 1. The molecule has 2 aromatic rings. The maximum absolute atomic E-state index is 12.9. The molecule has 6 heteroatoms. The van der Waals surface area contributed by atoms with Gasteiger partial charge in [0.25, 0.3) is 0 Å². The van der Waals surface area contributed by atoms with Crippen molar-refractivity contribution in [3.05, 3.63) is 48.0 Å². The molecule has 1 N–H and O–H groups in total. The summed E-state index contributed by atoms with van der Waals surface area (Å²) in [6, 6.07) is 13.3. The Bertz CT molecular complexity index is 927. The third-order valence-corrected chi connectivity index (χ3v) is 5.70. The molecule has 0 aliphatic carbocycles. The summed E-state index contributed by atoms with van der Waals surface area (Å²) in [5, 5.41) is 3.05. The zero-order chi connectivity index (χ0) is 20.4. The van der Waals surface area contributed by atoms with Crippen LogP contribution in [-0.4, -0.2) is 31.6 Å². The molecule has 1 saturated heterocycles. The number of nitrogens with one attached hydrogen (secondary N) is 1. The van der Waals surface area contributed by atoms with Crippen LogP contribution in [0.4, 0.5) is 11.4 Å². The van der Waals surface area contributed by atoms with Crippen molar-refractivity contribution in [1.29, 1.82) is 0 Å². The largest absolute Gasteiger partial charge is 0.486 e. The minimum Gasteiger partial charge on any atom is -0.486 e. The molecule has 152 valence electrons. The van der Waals surface area contributed by atoms with Gasteiger partial charge < -0.3 is 19.7 Å². The van der Waals surface area contributed by atoms with Gasteiger partial charge in [0.2, 0.25) is 11.8 Å². The molecular weight excluding hydrogens is 368 g/mol. The molecule has 0 saturated carbocycles. The molecule has 2 aromatic carbocycles. The smallest absolute Gasteiger partial charge is 0.229 e. The molecule has 2 aliphatic heterocycles. The lowest BCUT2D eigenvalue weighted by atomic mass is 9.96. The summed E-state index contributed by atoms with van der Waals surface area (Å²) in [5.74, 6) is 1.11. The number of hydrogen-bond donors (Lipinski definition) is 1. The van der Waals surface area contributed by atoms with Crippen LogP contribution in [0.25, 0.3) is 0 Å². The molecular formula is C23H26N2O4. The van der Waals surface area contributed by atoms with Crippen molar-refractivity contribution >= 4 is 23.2 Å². The average molecular weight is 394 g/mol. The van der Waals surface area contributed by atoms with Crippen LogP contribution in [0.3, 0.4) is 0 Å². The maximum atomic E-state index is 12.9. The molecule has 0 radical (unpaired) electrons.